The van der Waals surface area contributed by atoms with E-state index in [2.05, 4.69) is 5.32 Å². The van der Waals surface area contributed by atoms with Crippen LogP contribution in [0.2, 0.25) is 0 Å². The van der Waals surface area contributed by atoms with Crippen LogP contribution in [0, 0.1) is 12.7 Å². The van der Waals surface area contributed by atoms with Gasteiger partial charge in [0.05, 0.1) is 34.1 Å². The summed E-state index contributed by atoms with van der Waals surface area (Å²) < 4.78 is 51.1. The van der Waals surface area contributed by atoms with Gasteiger partial charge < -0.3 is 14.8 Å². The summed E-state index contributed by atoms with van der Waals surface area (Å²) in [5, 5.41) is 3.99. The highest BCUT2D eigenvalue weighted by molar-refractivity contribution is 7.91. The van der Waals surface area contributed by atoms with Gasteiger partial charge in [-0.3, -0.25) is 9.36 Å². The molecular weight excluding hydrogens is 509 g/mol. The van der Waals surface area contributed by atoms with Gasteiger partial charge in [-0.1, -0.05) is 6.07 Å². The smallest absolute Gasteiger partial charge is 0.261 e. The summed E-state index contributed by atoms with van der Waals surface area (Å²) in [5.74, 6) is 0.953. The lowest BCUT2D eigenvalue weighted by Crippen LogP contribution is -2.31. The Morgan fingerprint density at radius 3 is 2.55 bits per heavy atom. The van der Waals surface area contributed by atoms with Gasteiger partial charge in [-0.25, -0.2) is 17.8 Å². The van der Waals surface area contributed by atoms with Crippen molar-refractivity contribution in [2.45, 2.75) is 57.6 Å². The van der Waals surface area contributed by atoms with Gasteiger partial charge >= 0.3 is 0 Å². The van der Waals surface area contributed by atoms with Crippen molar-refractivity contribution in [1.29, 1.82) is 0 Å². The maximum Gasteiger partial charge on any atom is 0.261 e. The van der Waals surface area contributed by atoms with Gasteiger partial charge in [-0.15, -0.1) is 0 Å². The lowest BCUT2D eigenvalue weighted by molar-refractivity contribution is 0.0828. The molecule has 0 bridgehead atoms. The van der Waals surface area contributed by atoms with Crippen LogP contribution in [0.15, 0.2) is 35.1 Å². The normalized spacial score (nSPS) is 19.4. The minimum Gasteiger partial charge on any atom is -0.488 e. The van der Waals surface area contributed by atoms with Crippen molar-refractivity contribution in [3.05, 3.63) is 63.5 Å². The number of hydrogen-bond donors (Lipinski definition) is 1. The van der Waals surface area contributed by atoms with Gasteiger partial charge in [0.1, 0.15) is 23.5 Å². The van der Waals surface area contributed by atoms with Gasteiger partial charge in [-0.2, -0.15) is 0 Å². The van der Waals surface area contributed by atoms with E-state index in [1.165, 1.54) is 12.1 Å². The molecule has 8 nitrogen and oxygen atoms in total. The number of nitrogens with zero attached hydrogens (tertiary/aromatic N) is 2. The zero-order valence-electron chi connectivity index (χ0n) is 22.0. The zero-order valence-corrected chi connectivity index (χ0v) is 22.8. The lowest BCUT2D eigenvalue weighted by Gasteiger charge is -2.26. The molecule has 5 rings (SSSR count). The Hall–Kier alpha value is -2.98. The molecule has 204 valence electrons. The van der Waals surface area contributed by atoms with E-state index in [1.54, 1.807) is 17.7 Å². The average molecular weight is 544 g/mol. The first-order chi connectivity index (χ1) is 18.1. The number of fused-ring (bicyclic) bond motifs is 1. The fourth-order valence-corrected chi connectivity index (χ4v) is 6.86. The molecule has 3 heterocycles. The van der Waals surface area contributed by atoms with Crippen LogP contribution in [-0.2, 0) is 21.6 Å². The van der Waals surface area contributed by atoms with Crippen LogP contribution in [0.1, 0.15) is 61.5 Å². The summed E-state index contributed by atoms with van der Waals surface area (Å²) in [6.07, 6.45) is 2.08. The second-order valence-electron chi connectivity index (χ2n) is 10.4. The Labute approximate surface area is 222 Å². The van der Waals surface area contributed by atoms with Crippen molar-refractivity contribution in [2.24, 2.45) is 7.05 Å². The molecule has 0 spiro atoms. The largest absolute Gasteiger partial charge is 0.488 e. The average Bonchev–Trinajstić information content (AvgIpc) is 2.89. The van der Waals surface area contributed by atoms with Crippen LogP contribution in [0.3, 0.4) is 0 Å². The lowest BCUT2D eigenvalue weighted by atomic mass is 9.97. The van der Waals surface area contributed by atoms with Crippen LogP contribution in [-0.4, -0.2) is 48.8 Å². The minimum absolute atomic E-state index is 0.0670. The van der Waals surface area contributed by atoms with Crippen molar-refractivity contribution in [2.75, 3.05) is 30.0 Å². The molecule has 0 saturated carbocycles. The number of ether oxygens (including phenoxy) is 2. The Kier molecular flexibility index (Phi) is 7.46. The summed E-state index contributed by atoms with van der Waals surface area (Å²) in [7, 11) is -1.26. The number of rotatable bonds is 6. The monoisotopic (exact) mass is 543 g/mol. The first-order valence-electron chi connectivity index (χ1n) is 13.1. The third-order valence-electron chi connectivity index (χ3n) is 7.55. The Morgan fingerprint density at radius 1 is 1.13 bits per heavy atom. The first-order valence-corrected chi connectivity index (χ1v) is 15.0. The maximum atomic E-state index is 14.2. The highest BCUT2D eigenvalue weighted by Crippen LogP contribution is 2.34. The molecular formula is C28H34FN3O5S. The van der Waals surface area contributed by atoms with Crippen molar-refractivity contribution < 1.29 is 22.3 Å². The summed E-state index contributed by atoms with van der Waals surface area (Å²) >= 11 is 0. The SMILES string of the molecule is Cc1cc([C@@H](C)Nc2ccc(F)cc2OC2CCS(=O)(=O)CC2)c2nc(C3CCOCC3)n(C)c(=O)c2c1. The van der Waals surface area contributed by atoms with Gasteiger partial charge in [0.15, 0.2) is 9.84 Å². The van der Waals surface area contributed by atoms with Crippen LogP contribution in [0.4, 0.5) is 10.1 Å². The van der Waals surface area contributed by atoms with Gasteiger partial charge in [0, 0.05) is 37.8 Å². The molecule has 0 unspecified atom stereocenters. The molecule has 2 saturated heterocycles. The summed E-state index contributed by atoms with van der Waals surface area (Å²) in [5.41, 5.74) is 2.98. The summed E-state index contributed by atoms with van der Waals surface area (Å²) in [6, 6.07) is 7.93. The van der Waals surface area contributed by atoms with Crippen molar-refractivity contribution >= 4 is 26.4 Å². The van der Waals surface area contributed by atoms with E-state index >= 15 is 0 Å². The zero-order chi connectivity index (χ0) is 27.0. The van der Waals surface area contributed by atoms with Crippen LogP contribution >= 0.6 is 0 Å². The van der Waals surface area contributed by atoms with Crippen molar-refractivity contribution in [3.8, 4) is 5.75 Å². The van der Waals surface area contributed by atoms with Crippen LogP contribution < -0.4 is 15.6 Å². The number of nitrogens with one attached hydrogen (secondary N) is 1. The van der Waals surface area contributed by atoms with E-state index in [4.69, 9.17) is 14.5 Å². The van der Waals surface area contributed by atoms with E-state index in [9.17, 15) is 17.6 Å². The number of benzene rings is 2. The van der Waals surface area contributed by atoms with E-state index in [1.807, 2.05) is 26.0 Å². The molecule has 1 atom stereocenters. The molecule has 3 aromatic rings. The van der Waals surface area contributed by atoms with Crippen LogP contribution in [0.25, 0.3) is 10.9 Å². The van der Waals surface area contributed by atoms with Gasteiger partial charge in [0.25, 0.3) is 5.56 Å². The maximum absolute atomic E-state index is 14.2. The summed E-state index contributed by atoms with van der Waals surface area (Å²) in [4.78, 5) is 18.4. The van der Waals surface area contributed by atoms with E-state index in [0.29, 0.717) is 48.4 Å². The predicted octanol–water partition coefficient (Wildman–Crippen LogP) is 4.40. The first kappa shape index (κ1) is 26.6. The quantitative estimate of drug-likeness (QED) is 0.492. The second-order valence-corrected chi connectivity index (χ2v) is 12.8. The molecule has 2 aliphatic rings. The number of sulfone groups is 1. The highest BCUT2D eigenvalue weighted by atomic mass is 32.2. The molecule has 10 heteroatoms. The highest BCUT2D eigenvalue weighted by Gasteiger charge is 2.27. The Balaban J connectivity index is 1.48. The van der Waals surface area contributed by atoms with E-state index < -0.39 is 15.7 Å². The van der Waals surface area contributed by atoms with E-state index in [0.717, 1.165) is 29.8 Å². The Bertz CT molecular complexity index is 1500. The second kappa shape index (κ2) is 10.6. The van der Waals surface area contributed by atoms with Crippen molar-refractivity contribution in [1.82, 2.24) is 9.55 Å². The van der Waals surface area contributed by atoms with E-state index in [-0.39, 0.29) is 35.1 Å². The number of hydrogen-bond acceptors (Lipinski definition) is 7. The molecule has 1 aromatic heterocycles. The molecule has 2 aromatic carbocycles. The minimum atomic E-state index is -3.04. The predicted molar refractivity (Wildman–Crippen MR) is 145 cm³/mol. The fourth-order valence-electron chi connectivity index (χ4n) is 5.41. The van der Waals surface area contributed by atoms with Crippen molar-refractivity contribution in [3.63, 3.8) is 0 Å². The molecule has 0 aliphatic carbocycles. The molecule has 0 amide bonds. The van der Waals surface area contributed by atoms with Gasteiger partial charge in [0.2, 0.25) is 0 Å². The fraction of sp³-hybridized carbons (Fsp3) is 0.500. The third-order valence-corrected chi connectivity index (χ3v) is 9.27. The van der Waals surface area contributed by atoms with Gasteiger partial charge in [-0.05, 0) is 63.3 Å². The molecule has 38 heavy (non-hydrogen) atoms. The number of anilines is 1. The third kappa shape index (κ3) is 5.56. The number of aromatic nitrogens is 2. The topological polar surface area (TPSA) is 99.5 Å². The number of aryl methyl sites for hydroxylation is 1. The number of halogens is 1. The molecule has 2 fully saturated rings. The standard InChI is InChI=1S/C28H34FN3O5S/c1-17-14-22(26-23(15-17)28(33)32(3)27(31-26)19-6-10-36-11-7-19)18(2)30-24-5-4-20(29)16-25(24)37-21-8-12-38(34,35)13-9-21/h4-5,14-16,18-19,21,30H,6-13H2,1-3H3/t18-/m1/s1. The van der Waals surface area contributed by atoms with Crippen LogP contribution in [0.5, 0.6) is 5.75 Å². The molecule has 2 aliphatic heterocycles. The Morgan fingerprint density at radius 2 is 1.84 bits per heavy atom. The molecule has 1 N–H and O–H groups in total. The summed E-state index contributed by atoms with van der Waals surface area (Å²) in [6.45, 7) is 5.22. The molecule has 0 radical (unpaired) electrons.